The maximum absolute atomic E-state index is 9.59. The van der Waals surface area contributed by atoms with Gasteiger partial charge in [0.15, 0.2) is 6.29 Å². The van der Waals surface area contributed by atoms with Crippen molar-refractivity contribution in [2.24, 2.45) is 4.99 Å². The maximum atomic E-state index is 9.59. The highest BCUT2D eigenvalue weighted by molar-refractivity contribution is 5.55. The van der Waals surface area contributed by atoms with Crippen molar-refractivity contribution in [1.82, 2.24) is 4.90 Å². The predicted molar refractivity (Wildman–Crippen MR) is 76.6 cm³/mol. The molecule has 0 heterocycles. The summed E-state index contributed by atoms with van der Waals surface area (Å²) < 4.78 is 4.90. The third-order valence-electron chi connectivity index (χ3n) is 2.39. The van der Waals surface area contributed by atoms with Gasteiger partial charge in [-0.2, -0.15) is 0 Å². The van der Waals surface area contributed by atoms with E-state index in [0.717, 1.165) is 25.0 Å². The average molecular weight is 254 g/mol. The SMILES string of the molecule is CC/C=C(\CC=CN=CN(C)CCC)C(O)OC. The van der Waals surface area contributed by atoms with Crippen molar-refractivity contribution in [1.29, 1.82) is 0 Å². The molecule has 0 aliphatic carbocycles. The Labute approximate surface area is 111 Å². The molecule has 0 saturated carbocycles. The Morgan fingerprint density at radius 3 is 2.72 bits per heavy atom. The zero-order valence-corrected chi connectivity index (χ0v) is 12.0. The second kappa shape index (κ2) is 11.0. The summed E-state index contributed by atoms with van der Waals surface area (Å²) in [6.07, 6.45) is 9.26. The smallest absolute Gasteiger partial charge is 0.177 e. The first-order chi connectivity index (χ1) is 8.65. The van der Waals surface area contributed by atoms with Crippen LogP contribution in [0.1, 0.15) is 33.1 Å². The quantitative estimate of drug-likeness (QED) is 0.298. The topological polar surface area (TPSA) is 45.1 Å². The van der Waals surface area contributed by atoms with Crippen LogP contribution in [0, 0.1) is 0 Å². The molecule has 0 radical (unpaired) electrons. The number of methoxy groups -OCH3 is 1. The van der Waals surface area contributed by atoms with Gasteiger partial charge in [-0.1, -0.05) is 26.0 Å². The molecule has 0 aliphatic rings. The lowest BCUT2D eigenvalue weighted by Gasteiger charge is -2.11. The second-order valence-electron chi connectivity index (χ2n) is 4.11. The molecule has 0 rings (SSSR count). The Balaban J connectivity index is 4.16. The molecule has 0 aromatic heterocycles. The Kier molecular flexibility index (Phi) is 10.3. The fourth-order valence-corrected chi connectivity index (χ4v) is 1.51. The molecule has 4 nitrogen and oxygen atoms in total. The number of aliphatic hydroxyl groups is 1. The van der Waals surface area contributed by atoms with Crippen LogP contribution < -0.4 is 0 Å². The molecule has 0 saturated heterocycles. The normalized spacial score (nSPS) is 14.6. The van der Waals surface area contributed by atoms with Gasteiger partial charge in [-0.3, -0.25) is 0 Å². The highest BCUT2D eigenvalue weighted by atomic mass is 16.6. The summed E-state index contributed by atoms with van der Waals surface area (Å²) in [5, 5.41) is 9.59. The number of nitrogens with zero attached hydrogens (tertiary/aromatic N) is 2. The van der Waals surface area contributed by atoms with Gasteiger partial charge in [-0.05, 0) is 24.8 Å². The fourth-order valence-electron chi connectivity index (χ4n) is 1.51. The molecule has 0 amide bonds. The number of allylic oxidation sites excluding steroid dienone is 2. The highest BCUT2D eigenvalue weighted by Crippen LogP contribution is 2.10. The highest BCUT2D eigenvalue weighted by Gasteiger charge is 2.06. The van der Waals surface area contributed by atoms with Crippen molar-refractivity contribution in [3.8, 4) is 0 Å². The Morgan fingerprint density at radius 1 is 1.44 bits per heavy atom. The molecule has 0 aromatic rings. The number of aliphatic imine (C=N–C) groups is 1. The molecule has 0 spiro atoms. The van der Waals surface area contributed by atoms with Crippen LogP contribution in [0.25, 0.3) is 0 Å². The summed E-state index contributed by atoms with van der Waals surface area (Å²) in [4.78, 5) is 6.22. The minimum Gasteiger partial charge on any atom is -0.366 e. The van der Waals surface area contributed by atoms with E-state index >= 15 is 0 Å². The number of aliphatic hydroxyl groups excluding tert-OH is 1. The van der Waals surface area contributed by atoms with Crippen molar-refractivity contribution in [3.63, 3.8) is 0 Å². The molecular weight excluding hydrogens is 228 g/mol. The monoisotopic (exact) mass is 254 g/mol. The van der Waals surface area contributed by atoms with Crippen molar-refractivity contribution in [2.75, 3.05) is 20.7 Å². The molecule has 1 atom stereocenters. The van der Waals surface area contributed by atoms with Crippen LogP contribution in [-0.4, -0.2) is 43.3 Å². The first-order valence-electron chi connectivity index (χ1n) is 6.44. The average Bonchev–Trinajstić information content (AvgIpc) is 2.36. The third kappa shape index (κ3) is 8.03. The predicted octanol–water partition coefficient (Wildman–Crippen LogP) is 2.56. The Morgan fingerprint density at radius 2 is 2.17 bits per heavy atom. The number of ether oxygens (including phenoxy) is 1. The van der Waals surface area contributed by atoms with Crippen LogP contribution in [0.2, 0.25) is 0 Å². The Bertz CT molecular complexity index is 286. The number of hydrogen-bond donors (Lipinski definition) is 1. The van der Waals surface area contributed by atoms with Crippen molar-refractivity contribution in [3.05, 3.63) is 23.9 Å². The Hall–Kier alpha value is -1.13. The van der Waals surface area contributed by atoms with Gasteiger partial charge in [0, 0.05) is 26.9 Å². The minimum atomic E-state index is -0.818. The van der Waals surface area contributed by atoms with Gasteiger partial charge >= 0.3 is 0 Å². The summed E-state index contributed by atoms with van der Waals surface area (Å²) >= 11 is 0. The summed E-state index contributed by atoms with van der Waals surface area (Å²) in [6, 6.07) is 0. The van der Waals surface area contributed by atoms with E-state index in [1.807, 2.05) is 31.0 Å². The molecule has 0 bridgehead atoms. The van der Waals surface area contributed by atoms with E-state index in [0.29, 0.717) is 6.42 Å². The third-order valence-corrected chi connectivity index (χ3v) is 2.39. The second-order valence-corrected chi connectivity index (χ2v) is 4.11. The van der Waals surface area contributed by atoms with E-state index in [1.165, 1.54) is 7.11 Å². The van der Waals surface area contributed by atoms with Crippen molar-refractivity contribution in [2.45, 2.75) is 39.4 Å². The van der Waals surface area contributed by atoms with Crippen LogP contribution in [0.4, 0.5) is 0 Å². The summed E-state index contributed by atoms with van der Waals surface area (Å²) in [5.41, 5.74) is 0.869. The van der Waals surface area contributed by atoms with Gasteiger partial charge in [-0.15, -0.1) is 0 Å². The molecule has 1 N–H and O–H groups in total. The van der Waals surface area contributed by atoms with Gasteiger partial charge in [-0.25, -0.2) is 4.99 Å². The molecule has 0 fully saturated rings. The van der Waals surface area contributed by atoms with Gasteiger partial charge in [0.2, 0.25) is 0 Å². The lowest BCUT2D eigenvalue weighted by molar-refractivity contribution is -0.0459. The summed E-state index contributed by atoms with van der Waals surface area (Å²) in [7, 11) is 3.49. The van der Waals surface area contributed by atoms with E-state index in [2.05, 4.69) is 11.9 Å². The molecule has 0 aliphatic heterocycles. The molecule has 18 heavy (non-hydrogen) atoms. The molecular formula is C14H26N2O2. The summed E-state index contributed by atoms with van der Waals surface area (Å²) in [6.45, 7) is 5.17. The van der Waals surface area contributed by atoms with Crippen LogP contribution in [0.5, 0.6) is 0 Å². The number of hydrogen-bond acceptors (Lipinski definition) is 3. The van der Waals surface area contributed by atoms with Gasteiger partial charge < -0.3 is 14.7 Å². The van der Waals surface area contributed by atoms with E-state index < -0.39 is 6.29 Å². The standard InChI is InChI=1S/C14H26N2O2/c1-5-8-13(14(17)18-4)9-7-10-15-12-16(3)11-6-2/h7-8,10,12,14,17H,5-6,9,11H2,1-4H3/b10-7?,13-8+,15-12?. The van der Waals surface area contributed by atoms with E-state index in [4.69, 9.17) is 4.74 Å². The van der Waals surface area contributed by atoms with Crippen LogP contribution in [0.15, 0.2) is 28.9 Å². The van der Waals surface area contributed by atoms with Crippen LogP contribution in [-0.2, 0) is 4.74 Å². The zero-order chi connectivity index (χ0) is 13.8. The zero-order valence-electron chi connectivity index (χ0n) is 12.0. The van der Waals surface area contributed by atoms with Gasteiger partial charge in [0.05, 0.1) is 6.34 Å². The van der Waals surface area contributed by atoms with Crippen LogP contribution in [0.3, 0.4) is 0 Å². The van der Waals surface area contributed by atoms with Gasteiger partial charge in [0.25, 0.3) is 0 Å². The first-order valence-corrected chi connectivity index (χ1v) is 6.44. The van der Waals surface area contributed by atoms with E-state index in [1.54, 1.807) is 12.5 Å². The number of rotatable bonds is 9. The molecule has 1 unspecified atom stereocenters. The van der Waals surface area contributed by atoms with E-state index in [9.17, 15) is 5.11 Å². The van der Waals surface area contributed by atoms with Crippen LogP contribution >= 0.6 is 0 Å². The molecule has 4 heteroatoms. The minimum absolute atomic E-state index is 0.650. The first kappa shape index (κ1) is 16.9. The van der Waals surface area contributed by atoms with E-state index in [-0.39, 0.29) is 0 Å². The maximum Gasteiger partial charge on any atom is 0.177 e. The lowest BCUT2D eigenvalue weighted by Crippen LogP contribution is -2.16. The fraction of sp³-hybridized carbons (Fsp3) is 0.643. The van der Waals surface area contributed by atoms with Crippen molar-refractivity contribution >= 4 is 6.34 Å². The summed E-state index contributed by atoms with van der Waals surface area (Å²) in [5.74, 6) is 0. The lowest BCUT2D eigenvalue weighted by atomic mass is 10.1. The molecule has 0 aromatic carbocycles. The largest absolute Gasteiger partial charge is 0.366 e. The van der Waals surface area contributed by atoms with Gasteiger partial charge in [0.1, 0.15) is 0 Å². The molecule has 104 valence electrons. The van der Waals surface area contributed by atoms with Crippen molar-refractivity contribution < 1.29 is 9.84 Å².